The van der Waals surface area contributed by atoms with Gasteiger partial charge in [-0.25, -0.2) is 4.63 Å². The van der Waals surface area contributed by atoms with Crippen LogP contribution in [0.1, 0.15) is 23.3 Å². The Kier molecular flexibility index (Phi) is 4.51. The number of hydrogen-bond donors (Lipinski definition) is 2. The van der Waals surface area contributed by atoms with Crippen molar-refractivity contribution in [2.45, 2.75) is 18.9 Å². The highest BCUT2D eigenvalue weighted by Crippen LogP contribution is 2.12. The molecule has 1 aliphatic heterocycles. The van der Waals surface area contributed by atoms with Gasteiger partial charge in [0.15, 0.2) is 0 Å². The van der Waals surface area contributed by atoms with Gasteiger partial charge in [-0.3, -0.25) is 9.59 Å². The number of nitrogen functional groups attached to an aromatic ring is 1. The first-order valence-electron chi connectivity index (χ1n) is 6.27. The van der Waals surface area contributed by atoms with Crippen molar-refractivity contribution in [3.05, 3.63) is 5.69 Å². The van der Waals surface area contributed by atoms with Crippen molar-refractivity contribution < 1.29 is 19.0 Å². The lowest BCUT2D eigenvalue weighted by Crippen LogP contribution is -2.47. The van der Waals surface area contributed by atoms with Crippen molar-refractivity contribution in [3.8, 4) is 0 Å². The Morgan fingerprint density at radius 3 is 2.70 bits per heavy atom. The summed E-state index contributed by atoms with van der Waals surface area (Å²) in [6.07, 6.45) is 1.35. The summed E-state index contributed by atoms with van der Waals surface area (Å²) in [4.78, 5) is 25.2. The molecule has 0 aromatic carbocycles. The first kappa shape index (κ1) is 14.3. The van der Waals surface area contributed by atoms with Gasteiger partial charge in [0, 0.05) is 26.2 Å². The number of hydrogen-bond acceptors (Lipinski definition) is 7. The standard InChI is InChI=1S/C11H17N5O4/c1-19-6-8(17)16-4-2-7(3-5-16)13-11(18)9-10(12)15-20-14-9/h7H,2-6H2,1H3,(H2,12,15)(H,13,18). The molecule has 0 aliphatic carbocycles. The van der Waals surface area contributed by atoms with Crippen molar-refractivity contribution in [1.29, 1.82) is 0 Å². The number of nitrogens with two attached hydrogens (primary N) is 1. The number of amides is 2. The summed E-state index contributed by atoms with van der Waals surface area (Å²) < 4.78 is 9.19. The third kappa shape index (κ3) is 3.23. The molecular weight excluding hydrogens is 266 g/mol. The Morgan fingerprint density at radius 2 is 2.15 bits per heavy atom. The van der Waals surface area contributed by atoms with E-state index in [2.05, 4.69) is 20.3 Å². The number of methoxy groups -OCH3 is 1. The van der Waals surface area contributed by atoms with Crippen LogP contribution in [0.5, 0.6) is 0 Å². The number of nitrogens with one attached hydrogen (secondary N) is 1. The fourth-order valence-electron chi connectivity index (χ4n) is 2.09. The summed E-state index contributed by atoms with van der Waals surface area (Å²) >= 11 is 0. The largest absolute Gasteiger partial charge is 0.379 e. The number of nitrogens with zero attached hydrogens (tertiary/aromatic N) is 3. The number of ether oxygens (including phenoxy) is 1. The summed E-state index contributed by atoms with van der Waals surface area (Å²) in [5, 5.41) is 9.60. The molecule has 3 N–H and O–H groups in total. The Bertz CT molecular complexity index is 481. The van der Waals surface area contributed by atoms with Crippen molar-refractivity contribution in [2.75, 3.05) is 32.5 Å². The van der Waals surface area contributed by atoms with E-state index in [0.717, 1.165) is 0 Å². The van der Waals surface area contributed by atoms with Crippen molar-refractivity contribution in [1.82, 2.24) is 20.5 Å². The maximum absolute atomic E-state index is 11.9. The van der Waals surface area contributed by atoms with Crippen molar-refractivity contribution in [2.24, 2.45) is 0 Å². The first-order valence-corrected chi connectivity index (χ1v) is 6.27. The Balaban J connectivity index is 1.81. The molecule has 9 heteroatoms. The maximum Gasteiger partial charge on any atom is 0.277 e. The van der Waals surface area contributed by atoms with Crippen LogP contribution in [0.2, 0.25) is 0 Å². The third-order valence-electron chi connectivity index (χ3n) is 3.18. The molecule has 110 valence electrons. The molecule has 20 heavy (non-hydrogen) atoms. The lowest BCUT2D eigenvalue weighted by Gasteiger charge is -2.32. The molecule has 0 atom stereocenters. The first-order chi connectivity index (χ1) is 9.61. The molecule has 2 heterocycles. The Labute approximate surface area is 115 Å². The molecule has 0 radical (unpaired) electrons. The normalized spacial score (nSPS) is 16.1. The zero-order valence-electron chi connectivity index (χ0n) is 11.2. The molecule has 0 unspecified atom stereocenters. The van der Waals surface area contributed by atoms with Gasteiger partial charge in [-0.1, -0.05) is 0 Å². The van der Waals surface area contributed by atoms with Gasteiger partial charge >= 0.3 is 0 Å². The second-order valence-electron chi connectivity index (χ2n) is 4.56. The quantitative estimate of drug-likeness (QED) is 0.727. The van der Waals surface area contributed by atoms with Crippen LogP contribution in [0.4, 0.5) is 5.82 Å². The predicted octanol–water partition coefficient (Wildman–Crippen LogP) is -0.981. The maximum atomic E-state index is 11.9. The van der Waals surface area contributed by atoms with E-state index >= 15 is 0 Å². The van der Waals surface area contributed by atoms with E-state index in [4.69, 9.17) is 10.5 Å². The molecular formula is C11H17N5O4. The van der Waals surface area contributed by atoms with Crippen LogP contribution in [-0.2, 0) is 9.53 Å². The highest BCUT2D eigenvalue weighted by molar-refractivity contribution is 5.96. The van der Waals surface area contributed by atoms with Crippen molar-refractivity contribution >= 4 is 17.6 Å². The number of carbonyl (C=O) groups excluding carboxylic acids is 2. The van der Waals surface area contributed by atoms with Gasteiger partial charge in [0.25, 0.3) is 5.91 Å². The summed E-state index contributed by atoms with van der Waals surface area (Å²) in [6.45, 7) is 1.25. The molecule has 1 aliphatic rings. The van der Waals surface area contributed by atoms with E-state index in [-0.39, 0.29) is 30.1 Å². The summed E-state index contributed by atoms with van der Waals surface area (Å²) in [5.74, 6) is -0.483. The van der Waals surface area contributed by atoms with Crippen molar-refractivity contribution in [3.63, 3.8) is 0 Å². The molecule has 0 spiro atoms. The molecule has 1 aromatic heterocycles. The van der Waals surface area contributed by atoms with E-state index in [1.807, 2.05) is 0 Å². The van der Waals surface area contributed by atoms with Gasteiger partial charge < -0.3 is 20.7 Å². The minimum absolute atomic E-state index is 0.0112. The second kappa shape index (κ2) is 6.33. The number of aromatic nitrogens is 2. The third-order valence-corrected chi connectivity index (χ3v) is 3.18. The monoisotopic (exact) mass is 283 g/mol. The van der Waals surface area contributed by atoms with E-state index in [1.54, 1.807) is 4.90 Å². The lowest BCUT2D eigenvalue weighted by atomic mass is 10.0. The van der Waals surface area contributed by atoms with Crippen LogP contribution < -0.4 is 11.1 Å². The fourth-order valence-corrected chi connectivity index (χ4v) is 2.09. The Hall–Kier alpha value is -2.16. The lowest BCUT2D eigenvalue weighted by molar-refractivity contribution is -0.136. The van der Waals surface area contributed by atoms with Crippen LogP contribution >= 0.6 is 0 Å². The van der Waals surface area contributed by atoms with Crippen LogP contribution in [0.3, 0.4) is 0 Å². The van der Waals surface area contributed by atoms with Gasteiger partial charge in [-0.2, -0.15) is 0 Å². The molecule has 2 amide bonds. The van der Waals surface area contributed by atoms with E-state index < -0.39 is 5.91 Å². The Morgan fingerprint density at radius 1 is 1.45 bits per heavy atom. The van der Waals surface area contributed by atoms with Crippen LogP contribution in [-0.4, -0.2) is 59.9 Å². The fraction of sp³-hybridized carbons (Fsp3) is 0.636. The minimum atomic E-state index is -0.412. The van der Waals surface area contributed by atoms with E-state index in [0.29, 0.717) is 25.9 Å². The molecule has 1 fully saturated rings. The highest BCUT2D eigenvalue weighted by atomic mass is 16.6. The number of carbonyl (C=O) groups is 2. The smallest absolute Gasteiger partial charge is 0.277 e. The van der Waals surface area contributed by atoms with Gasteiger partial charge in [0.2, 0.25) is 17.4 Å². The number of anilines is 1. The molecule has 1 saturated heterocycles. The molecule has 1 aromatic rings. The minimum Gasteiger partial charge on any atom is -0.379 e. The average Bonchev–Trinajstić information content (AvgIpc) is 2.86. The number of rotatable bonds is 4. The second-order valence-corrected chi connectivity index (χ2v) is 4.56. The molecule has 0 saturated carbocycles. The van der Waals surface area contributed by atoms with Gasteiger partial charge in [-0.05, 0) is 23.2 Å². The summed E-state index contributed by atoms with van der Waals surface area (Å²) in [5.41, 5.74) is 5.44. The van der Waals surface area contributed by atoms with Crippen LogP contribution in [0, 0.1) is 0 Å². The number of likely N-dealkylation sites (tertiary alicyclic amines) is 1. The molecule has 9 nitrogen and oxygen atoms in total. The highest BCUT2D eigenvalue weighted by Gasteiger charge is 2.25. The van der Waals surface area contributed by atoms with Crippen LogP contribution in [0.15, 0.2) is 4.63 Å². The SMILES string of the molecule is COCC(=O)N1CCC(NC(=O)c2nonc2N)CC1. The topological polar surface area (TPSA) is 124 Å². The zero-order chi connectivity index (χ0) is 14.5. The average molecular weight is 283 g/mol. The van der Waals surface area contributed by atoms with Gasteiger partial charge in [0.05, 0.1) is 0 Å². The predicted molar refractivity (Wildman–Crippen MR) is 67.7 cm³/mol. The summed E-state index contributed by atoms with van der Waals surface area (Å²) in [6, 6.07) is -0.0230. The van der Waals surface area contributed by atoms with Gasteiger partial charge in [0.1, 0.15) is 6.61 Å². The van der Waals surface area contributed by atoms with E-state index in [9.17, 15) is 9.59 Å². The molecule has 0 bridgehead atoms. The zero-order valence-corrected chi connectivity index (χ0v) is 11.2. The van der Waals surface area contributed by atoms with E-state index in [1.165, 1.54) is 7.11 Å². The number of piperidine rings is 1. The van der Waals surface area contributed by atoms with Gasteiger partial charge in [-0.15, -0.1) is 0 Å². The summed E-state index contributed by atoms with van der Waals surface area (Å²) in [7, 11) is 1.49. The molecule has 2 rings (SSSR count). The van der Waals surface area contributed by atoms with Crippen LogP contribution in [0.25, 0.3) is 0 Å².